The predicted molar refractivity (Wildman–Crippen MR) is 79.3 cm³/mol. The van der Waals surface area contributed by atoms with Crippen LogP contribution in [0.5, 0.6) is 0 Å². The summed E-state index contributed by atoms with van der Waals surface area (Å²) >= 11 is 0. The molecule has 2 rings (SSSR count). The summed E-state index contributed by atoms with van der Waals surface area (Å²) < 4.78 is 18.6. The van der Waals surface area contributed by atoms with Crippen LogP contribution in [-0.2, 0) is 4.74 Å². The Labute approximate surface area is 121 Å². The van der Waals surface area contributed by atoms with E-state index in [4.69, 9.17) is 4.74 Å². The van der Waals surface area contributed by atoms with Gasteiger partial charge in [0.1, 0.15) is 5.82 Å². The van der Waals surface area contributed by atoms with Crippen molar-refractivity contribution in [2.45, 2.75) is 31.8 Å². The van der Waals surface area contributed by atoms with Gasteiger partial charge in [-0.05, 0) is 38.1 Å². The van der Waals surface area contributed by atoms with Gasteiger partial charge in [-0.2, -0.15) is 0 Å². The van der Waals surface area contributed by atoms with Crippen LogP contribution in [0, 0.1) is 5.82 Å². The van der Waals surface area contributed by atoms with Gasteiger partial charge in [-0.15, -0.1) is 0 Å². The van der Waals surface area contributed by atoms with E-state index >= 15 is 0 Å². The minimum Gasteiger partial charge on any atom is -0.379 e. The van der Waals surface area contributed by atoms with E-state index in [9.17, 15) is 4.39 Å². The largest absolute Gasteiger partial charge is 0.379 e. The zero-order valence-electron chi connectivity index (χ0n) is 12.7. The Balaban J connectivity index is 2.27. The third-order valence-electron chi connectivity index (χ3n) is 4.56. The molecule has 1 fully saturated rings. The summed E-state index contributed by atoms with van der Waals surface area (Å²) in [5, 5.41) is 3.42. The maximum atomic E-state index is 13.1. The molecule has 1 aromatic carbocycles. The molecule has 1 aromatic rings. The summed E-state index contributed by atoms with van der Waals surface area (Å²) in [6, 6.07) is 7.01. The van der Waals surface area contributed by atoms with Crippen LogP contribution in [0.2, 0.25) is 0 Å². The molecule has 0 aromatic heterocycles. The first-order valence-corrected chi connectivity index (χ1v) is 7.37. The molecular formula is C16H25FN2O. The van der Waals surface area contributed by atoms with Crippen molar-refractivity contribution in [2.75, 3.05) is 33.4 Å². The van der Waals surface area contributed by atoms with Crippen LogP contribution in [0.1, 0.15) is 31.9 Å². The van der Waals surface area contributed by atoms with Gasteiger partial charge in [-0.25, -0.2) is 4.39 Å². The van der Waals surface area contributed by atoms with Crippen LogP contribution in [0.4, 0.5) is 4.39 Å². The third-order valence-corrected chi connectivity index (χ3v) is 4.56. The van der Waals surface area contributed by atoms with Crippen molar-refractivity contribution in [1.29, 1.82) is 0 Å². The van der Waals surface area contributed by atoms with Crippen LogP contribution in [0.25, 0.3) is 0 Å². The fourth-order valence-electron chi connectivity index (χ4n) is 3.18. The van der Waals surface area contributed by atoms with E-state index in [-0.39, 0.29) is 17.4 Å². The number of hydrogen-bond acceptors (Lipinski definition) is 3. The monoisotopic (exact) mass is 280 g/mol. The zero-order chi connectivity index (χ0) is 14.6. The highest BCUT2D eigenvalue weighted by Crippen LogP contribution is 2.34. The van der Waals surface area contributed by atoms with Gasteiger partial charge in [0.25, 0.3) is 0 Å². The number of ether oxygens (including phenoxy) is 1. The topological polar surface area (TPSA) is 24.5 Å². The van der Waals surface area contributed by atoms with E-state index < -0.39 is 0 Å². The molecule has 1 N–H and O–H groups in total. The van der Waals surface area contributed by atoms with Crippen LogP contribution in [0.15, 0.2) is 24.3 Å². The third kappa shape index (κ3) is 3.03. The van der Waals surface area contributed by atoms with Crippen molar-refractivity contribution in [3.05, 3.63) is 35.6 Å². The minimum atomic E-state index is -0.187. The van der Waals surface area contributed by atoms with Gasteiger partial charge in [0, 0.05) is 18.6 Å². The lowest BCUT2D eigenvalue weighted by molar-refractivity contribution is -0.0319. The molecule has 1 heterocycles. The number of nitrogens with one attached hydrogen (secondary N) is 1. The standard InChI is InChI=1S/C16H25FN2O/c1-4-16(2,19-9-11-20-12-10-19)15(18-3)13-5-7-14(17)8-6-13/h5-8,15,18H,4,9-12H2,1-3H3. The highest BCUT2D eigenvalue weighted by Gasteiger charge is 2.38. The minimum absolute atomic E-state index is 0.00361. The normalized spacial score (nSPS) is 21.4. The maximum absolute atomic E-state index is 13.1. The molecule has 1 saturated heterocycles. The molecule has 0 bridgehead atoms. The Morgan fingerprint density at radius 2 is 1.90 bits per heavy atom. The van der Waals surface area contributed by atoms with E-state index in [1.807, 2.05) is 19.2 Å². The van der Waals surface area contributed by atoms with E-state index in [1.165, 1.54) is 12.1 Å². The summed E-state index contributed by atoms with van der Waals surface area (Å²) in [5.74, 6) is -0.187. The summed E-state index contributed by atoms with van der Waals surface area (Å²) in [6.07, 6.45) is 1.02. The second-order valence-electron chi connectivity index (χ2n) is 5.58. The average Bonchev–Trinajstić information content (AvgIpc) is 2.50. The molecule has 4 heteroatoms. The van der Waals surface area contributed by atoms with E-state index in [2.05, 4.69) is 24.1 Å². The maximum Gasteiger partial charge on any atom is 0.123 e. The Kier molecular flexibility index (Phi) is 5.13. The summed E-state index contributed by atoms with van der Waals surface area (Å²) in [5.41, 5.74) is 1.13. The number of likely N-dealkylation sites (N-methyl/N-ethyl adjacent to an activating group) is 1. The molecule has 0 saturated carbocycles. The summed E-state index contributed by atoms with van der Waals surface area (Å²) in [4.78, 5) is 2.49. The highest BCUT2D eigenvalue weighted by atomic mass is 19.1. The quantitative estimate of drug-likeness (QED) is 0.897. The first-order valence-electron chi connectivity index (χ1n) is 7.37. The lowest BCUT2D eigenvalue weighted by atomic mass is 9.82. The number of halogens is 1. The molecule has 1 aliphatic rings. The van der Waals surface area contributed by atoms with Gasteiger partial charge >= 0.3 is 0 Å². The van der Waals surface area contributed by atoms with Gasteiger partial charge in [-0.3, -0.25) is 4.90 Å². The van der Waals surface area contributed by atoms with Crippen molar-refractivity contribution in [3.63, 3.8) is 0 Å². The molecule has 112 valence electrons. The van der Waals surface area contributed by atoms with Gasteiger partial charge in [0.2, 0.25) is 0 Å². The second kappa shape index (κ2) is 6.66. The Morgan fingerprint density at radius 1 is 1.30 bits per heavy atom. The molecule has 0 amide bonds. The highest BCUT2D eigenvalue weighted by molar-refractivity contribution is 5.24. The van der Waals surface area contributed by atoms with Crippen LogP contribution in [-0.4, -0.2) is 43.8 Å². The first-order chi connectivity index (χ1) is 9.61. The molecule has 0 spiro atoms. The molecule has 2 unspecified atom stereocenters. The van der Waals surface area contributed by atoms with Crippen molar-refractivity contribution in [2.24, 2.45) is 0 Å². The van der Waals surface area contributed by atoms with Gasteiger partial charge in [-0.1, -0.05) is 19.1 Å². The van der Waals surface area contributed by atoms with Crippen LogP contribution in [0.3, 0.4) is 0 Å². The number of hydrogen-bond donors (Lipinski definition) is 1. The first kappa shape index (κ1) is 15.4. The molecule has 3 nitrogen and oxygen atoms in total. The molecular weight excluding hydrogens is 255 g/mol. The van der Waals surface area contributed by atoms with E-state index in [0.29, 0.717) is 0 Å². The van der Waals surface area contributed by atoms with Gasteiger partial charge < -0.3 is 10.1 Å². The SMILES string of the molecule is CCC(C)(C(NC)c1ccc(F)cc1)N1CCOCC1. The Bertz CT molecular complexity index is 417. The average molecular weight is 280 g/mol. The van der Waals surface area contributed by atoms with Crippen molar-refractivity contribution in [1.82, 2.24) is 10.2 Å². The molecule has 1 aliphatic heterocycles. The Morgan fingerprint density at radius 3 is 2.40 bits per heavy atom. The zero-order valence-corrected chi connectivity index (χ0v) is 12.7. The van der Waals surface area contributed by atoms with Gasteiger partial charge in [0.05, 0.1) is 19.3 Å². The van der Waals surface area contributed by atoms with Crippen molar-refractivity contribution in [3.8, 4) is 0 Å². The molecule has 20 heavy (non-hydrogen) atoms. The van der Waals surface area contributed by atoms with Crippen molar-refractivity contribution >= 4 is 0 Å². The molecule has 0 aliphatic carbocycles. The lowest BCUT2D eigenvalue weighted by Gasteiger charge is -2.48. The van der Waals surface area contributed by atoms with E-state index in [0.717, 1.165) is 38.3 Å². The fourth-order valence-corrected chi connectivity index (χ4v) is 3.18. The molecule has 0 radical (unpaired) electrons. The van der Waals surface area contributed by atoms with E-state index in [1.54, 1.807) is 0 Å². The Hall–Kier alpha value is -0.970. The fraction of sp³-hybridized carbons (Fsp3) is 0.625. The second-order valence-corrected chi connectivity index (χ2v) is 5.58. The van der Waals surface area contributed by atoms with Crippen LogP contribution < -0.4 is 5.32 Å². The lowest BCUT2D eigenvalue weighted by Crippen LogP contribution is -2.57. The summed E-state index contributed by atoms with van der Waals surface area (Å²) in [6.45, 7) is 7.96. The number of rotatable bonds is 5. The number of benzene rings is 1. The summed E-state index contributed by atoms with van der Waals surface area (Å²) in [7, 11) is 1.97. The number of morpholine rings is 1. The smallest absolute Gasteiger partial charge is 0.123 e. The number of nitrogens with zero attached hydrogens (tertiary/aromatic N) is 1. The predicted octanol–water partition coefficient (Wildman–Crippen LogP) is 2.59. The van der Waals surface area contributed by atoms with Crippen molar-refractivity contribution < 1.29 is 9.13 Å². The molecule has 2 atom stereocenters. The van der Waals surface area contributed by atoms with Crippen LogP contribution >= 0.6 is 0 Å². The van der Waals surface area contributed by atoms with Gasteiger partial charge in [0.15, 0.2) is 0 Å².